The molecule has 2 aromatic carbocycles. The zero-order chi connectivity index (χ0) is 33.2. The number of aliphatic hydroxyl groups excluding tert-OH is 2. The van der Waals surface area contributed by atoms with Gasteiger partial charge in [0, 0.05) is 23.7 Å². The number of nitrogens with zero attached hydrogens (tertiary/aromatic N) is 1. The van der Waals surface area contributed by atoms with Crippen molar-refractivity contribution < 1.29 is 34.0 Å². The van der Waals surface area contributed by atoms with Crippen LogP contribution in [0.25, 0.3) is 22.2 Å². The fraction of sp³-hybridized carbons (Fsp3) is 0.595. The number of benzene rings is 2. The first-order valence-electron chi connectivity index (χ1n) is 16.1. The second-order valence-corrected chi connectivity index (χ2v) is 14.7. The number of carbonyl (C=O) groups is 1. The number of hydrogen-bond acceptors (Lipinski definition) is 7. The van der Waals surface area contributed by atoms with Crippen LogP contribution in [-0.2, 0) is 25.5 Å². The molecule has 8 heteroatoms. The molecule has 3 atom stereocenters. The van der Waals surface area contributed by atoms with E-state index in [0.717, 1.165) is 17.4 Å². The van der Waals surface area contributed by atoms with Gasteiger partial charge < -0.3 is 33.7 Å². The maximum Gasteiger partial charge on any atom is 0.309 e. The molecule has 0 fully saturated rings. The third kappa shape index (κ3) is 12.1. The third-order valence-electron chi connectivity index (χ3n) is 7.49. The highest BCUT2D eigenvalue weighted by Crippen LogP contribution is 2.37. The molecular weight excluding hydrogens is 570 g/mol. The molecule has 2 N–H and O–H groups in total. The van der Waals surface area contributed by atoms with E-state index in [1.54, 1.807) is 0 Å². The molecule has 3 rings (SSSR count). The second kappa shape index (κ2) is 16.6. The van der Waals surface area contributed by atoms with E-state index in [1.807, 2.05) is 39.0 Å². The van der Waals surface area contributed by atoms with Crippen LogP contribution in [0.1, 0.15) is 61.8 Å². The van der Waals surface area contributed by atoms with Crippen LogP contribution in [0.3, 0.4) is 0 Å². The number of ether oxygens (including phenoxy) is 4. The molecule has 0 aliphatic rings. The van der Waals surface area contributed by atoms with Gasteiger partial charge in [-0.15, -0.1) is 0 Å². The summed E-state index contributed by atoms with van der Waals surface area (Å²) in [5, 5.41) is 21.8. The molecule has 0 radical (unpaired) electrons. The van der Waals surface area contributed by atoms with Crippen LogP contribution in [0, 0.1) is 22.7 Å². The number of aromatic nitrogens is 1. The summed E-state index contributed by atoms with van der Waals surface area (Å²) in [5.41, 5.74) is 3.19. The average Bonchev–Trinajstić information content (AvgIpc) is 3.31. The van der Waals surface area contributed by atoms with Gasteiger partial charge in [0.2, 0.25) is 0 Å². The summed E-state index contributed by atoms with van der Waals surface area (Å²) in [6.45, 7) is 18.3. The van der Waals surface area contributed by atoms with Crippen LogP contribution in [-0.4, -0.2) is 72.6 Å². The fourth-order valence-corrected chi connectivity index (χ4v) is 5.21. The number of fused-ring (bicyclic) bond motifs is 1. The number of carbonyl (C=O) groups excluding carboxylic acids is 1. The van der Waals surface area contributed by atoms with E-state index in [0.29, 0.717) is 18.1 Å². The quantitative estimate of drug-likeness (QED) is 0.127. The van der Waals surface area contributed by atoms with Gasteiger partial charge in [0.25, 0.3) is 0 Å². The molecule has 0 saturated heterocycles. The van der Waals surface area contributed by atoms with E-state index in [2.05, 4.69) is 75.6 Å². The summed E-state index contributed by atoms with van der Waals surface area (Å²) < 4.78 is 24.7. The molecule has 3 unspecified atom stereocenters. The summed E-state index contributed by atoms with van der Waals surface area (Å²) in [5.74, 6) is 0.606. The number of aliphatic hydroxyl groups is 2. The van der Waals surface area contributed by atoms with E-state index < -0.39 is 12.2 Å². The normalized spacial score (nSPS) is 14.5. The molecule has 250 valence electrons. The van der Waals surface area contributed by atoms with E-state index in [9.17, 15) is 15.0 Å². The Morgan fingerprint density at radius 1 is 0.822 bits per heavy atom. The molecule has 45 heavy (non-hydrogen) atoms. The largest absolute Gasteiger partial charge is 0.491 e. The Bertz CT molecular complexity index is 1320. The molecule has 1 aromatic heterocycles. The van der Waals surface area contributed by atoms with Crippen LogP contribution in [0.5, 0.6) is 5.75 Å². The zero-order valence-corrected chi connectivity index (χ0v) is 28.5. The maximum atomic E-state index is 12.7. The van der Waals surface area contributed by atoms with Crippen LogP contribution >= 0.6 is 0 Å². The van der Waals surface area contributed by atoms with Crippen molar-refractivity contribution in [3.8, 4) is 17.0 Å². The van der Waals surface area contributed by atoms with Gasteiger partial charge in [0.15, 0.2) is 0 Å². The van der Waals surface area contributed by atoms with Crippen molar-refractivity contribution in [3.63, 3.8) is 0 Å². The Hall–Kier alpha value is -2.91. The van der Waals surface area contributed by atoms with Gasteiger partial charge in [-0.1, -0.05) is 85.7 Å². The second-order valence-electron chi connectivity index (χ2n) is 14.7. The Balaban J connectivity index is 1.38. The monoisotopic (exact) mass is 625 g/mol. The summed E-state index contributed by atoms with van der Waals surface area (Å²) in [6.07, 6.45) is -1.03. The topological polar surface area (TPSA) is 99.4 Å². The highest BCUT2D eigenvalue weighted by atomic mass is 16.6. The van der Waals surface area contributed by atoms with E-state index >= 15 is 0 Å². The van der Waals surface area contributed by atoms with E-state index in [1.165, 1.54) is 11.3 Å². The standard InChI is InChI=1S/C37H55NO7/c1-26(2)21-38-33(27-12-10-9-11-13-27)18-28-14-15-31(19-34(28)38)44-24-29(39)22-42-16-17-43-23-30(40)25-45-35(41)32(37(6,7)8)20-36(3,4)5/h9-15,18-19,26,29-30,32,39-40H,16-17,20-25H2,1-8H3. The molecule has 0 bridgehead atoms. The predicted octanol–water partition coefficient (Wildman–Crippen LogP) is 6.74. The lowest BCUT2D eigenvalue weighted by Crippen LogP contribution is -2.35. The van der Waals surface area contributed by atoms with Gasteiger partial charge in [-0.25, -0.2) is 0 Å². The molecule has 3 aromatic rings. The van der Waals surface area contributed by atoms with Gasteiger partial charge in [-0.05, 0) is 46.9 Å². The molecule has 8 nitrogen and oxygen atoms in total. The minimum Gasteiger partial charge on any atom is -0.491 e. The van der Waals surface area contributed by atoms with E-state index in [4.69, 9.17) is 18.9 Å². The van der Waals surface area contributed by atoms with Crippen molar-refractivity contribution in [1.29, 1.82) is 0 Å². The van der Waals surface area contributed by atoms with Crippen molar-refractivity contribution in [2.75, 3.05) is 39.6 Å². The van der Waals surface area contributed by atoms with Crippen LogP contribution in [0.15, 0.2) is 54.6 Å². The van der Waals surface area contributed by atoms with Crippen molar-refractivity contribution in [2.24, 2.45) is 22.7 Å². The van der Waals surface area contributed by atoms with Gasteiger partial charge in [-0.3, -0.25) is 4.79 Å². The maximum absolute atomic E-state index is 12.7. The highest BCUT2D eigenvalue weighted by Gasteiger charge is 2.36. The fourth-order valence-electron chi connectivity index (χ4n) is 5.21. The first-order valence-corrected chi connectivity index (χ1v) is 16.1. The summed E-state index contributed by atoms with van der Waals surface area (Å²) in [7, 11) is 0. The molecule has 1 heterocycles. The molecule has 0 amide bonds. The molecule has 0 saturated carbocycles. The number of esters is 1. The van der Waals surface area contributed by atoms with Crippen molar-refractivity contribution in [1.82, 2.24) is 4.57 Å². The van der Waals surface area contributed by atoms with E-state index in [-0.39, 0.29) is 62.4 Å². The lowest BCUT2D eigenvalue weighted by atomic mass is 9.72. The lowest BCUT2D eigenvalue weighted by molar-refractivity contribution is -0.158. The highest BCUT2D eigenvalue weighted by molar-refractivity contribution is 5.88. The Morgan fingerprint density at radius 2 is 1.44 bits per heavy atom. The third-order valence-corrected chi connectivity index (χ3v) is 7.49. The summed E-state index contributed by atoms with van der Waals surface area (Å²) in [4.78, 5) is 12.7. The SMILES string of the molecule is CC(C)Cn1c(-c2ccccc2)cc2ccc(OCC(O)COCCOCC(O)COC(=O)C(CC(C)(C)C)C(C)(C)C)cc21. The van der Waals surface area contributed by atoms with Crippen molar-refractivity contribution in [2.45, 2.75) is 80.6 Å². The predicted molar refractivity (Wildman–Crippen MR) is 179 cm³/mol. The van der Waals surface area contributed by atoms with Crippen molar-refractivity contribution >= 4 is 16.9 Å². The van der Waals surface area contributed by atoms with Crippen LogP contribution in [0.4, 0.5) is 0 Å². The Kier molecular flexibility index (Phi) is 13.5. The average molecular weight is 626 g/mol. The lowest BCUT2D eigenvalue weighted by Gasteiger charge is -2.34. The minimum absolute atomic E-state index is 0.0139. The molecular formula is C37H55NO7. The summed E-state index contributed by atoms with van der Waals surface area (Å²) >= 11 is 0. The van der Waals surface area contributed by atoms with Crippen LogP contribution < -0.4 is 4.74 Å². The van der Waals surface area contributed by atoms with Gasteiger partial charge >= 0.3 is 5.97 Å². The number of hydrogen-bond donors (Lipinski definition) is 2. The Labute approximate surface area is 269 Å². The smallest absolute Gasteiger partial charge is 0.309 e. The zero-order valence-electron chi connectivity index (χ0n) is 28.5. The van der Waals surface area contributed by atoms with Gasteiger partial charge in [0.1, 0.15) is 31.2 Å². The van der Waals surface area contributed by atoms with Gasteiger partial charge in [0.05, 0.1) is 37.9 Å². The Morgan fingerprint density at radius 3 is 2.02 bits per heavy atom. The van der Waals surface area contributed by atoms with Gasteiger partial charge in [-0.2, -0.15) is 0 Å². The molecule has 0 aliphatic heterocycles. The van der Waals surface area contributed by atoms with Crippen LogP contribution in [0.2, 0.25) is 0 Å². The number of rotatable bonds is 17. The first-order chi connectivity index (χ1) is 21.1. The molecule has 0 spiro atoms. The van der Waals surface area contributed by atoms with Crippen molar-refractivity contribution in [3.05, 3.63) is 54.6 Å². The first kappa shape index (κ1) is 36.6. The summed E-state index contributed by atoms with van der Waals surface area (Å²) in [6, 6.07) is 18.6. The minimum atomic E-state index is -0.925. The molecule has 0 aliphatic carbocycles.